The zero-order valence-corrected chi connectivity index (χ0v) is 7.71. The average molecular weight is 175 g/mol. The molecule has 0 aliphatic rings. The summed E-state index contributed by atoms with van der Waals surface area (Å²) in [6, 6.07) is 0. The minimum atomic E-state index is -0.0809. The SMILES string of the molecule is CNC(=S)NNC(=O)C(C)C. The van der Waals surface area contributed by atoms with E-state index in [4.69, 9.17) is 12.2 Å². The van der Waals surface area contributed by atoms with E-state index in [1.165, 1.54) is 0 Å². The number of carbonyl (C=O) groups excluding carboxylic acids is 1. The Morgan fingerprint density at radius 1 is 1.36 bits per heavy atom. The molecule has 0 rings (SSSR count). The van der Waals surface area contributed by atoms with E-state index in [1.54, 1.807) is 20.9 Å². The molecule has 0 heterocycles. The van der Waals surface area contributed by atoms with E-state index < -0.39 is 0 Å². The van der Waals surface area contributed by atoms with Crippen LogP contribution in [0.15, 0.2) is 0 Å². The molecule has 0 saturated carbocycles. The molecule has 0 aromatic heterocycles. The molecule has 0 aliphatic heterocycles. The third kappa shape index (κ3) is 4.55. The Hall–Kier alpha value is -0.840. The summed E-state index contributed by atoms with van der Waals surface area (Å²) in [5.41, 5.74) is 4.97. The van der Waals surface area contributed by atoms with Gasteiger partial charge in [0.1, 0.15) is 0 Å². The molecule has 0 aromatic rings. The molecule has 64 valence electrons. The third-order valence-electron chi connectivity index (χ3n) is 1.05. The van der Waals surface area contributed by atoms with Gasteiger partial charge in [-0.15, -0.1) is 0 Å². The van der Waals surface area contributed by atoms with Crippen LogP contribution in [-0.2, 0) is 4.79 Å². The quantitative estimate of drug-likeness (QED) is 0.380. The van der Waals surface area contributed by atoms with Crippen LogP contribution in [0.1, 0.15) is 13.8 Å². The molecule has 0 aromatic carbocycles. The fourth-order valence-corrected chi connectivity index (χ4v) is 0.376. The number of carbonyl (C=O) groups is 1. The van der Waals surface area contributed by atoms with E-state index in [9.17, 15) is 4.79 Å². The first-order chi connectivity index (χ1) is 5.07. The molecule has 4 nitrogen and oxygen atoms in total. The molecule has 0 atom stereocenters. The van der Waals surface area contributed by atoms with Crippen molar-refractivity contribution in [2.75, 3.05) is 7.05 Å². The van der Waals surface area contributed by atoms with Gasteiger partial charge in [-0.05, 0) is 12.2 Å². The molecule has 0 aliphatic carbocycles. The number of thiocarbonyl (C=S) groups is 1. The number of rotatable bonds is 1. The van der Waals surface area contributed by atoms with Gasteiger partial charge < -0.3 is 5.32 Å². The number of hydrogen-bond acceptors (Lipinski definition) is 2. The van der Waals surface area contributed by atoms with Gasteiger partial charge in [-0.1, -0.05) is 13.8 Å². The Kier molecular flexibility index (Phi) is 4.52. The van der Waals surface area contributed by atoms with Gasteiger partial charge in [0.2, 0.25) is 5.91 Å². The van der Waals surface area contributed by atoms with Gasteiger partial charge in [0, 0.05) is 13.0 Å². The van der Waals surface area contributed by atoms with Crippen molar-refractivity contribution in [3.05, 3.63) is 0 Å². The third-order valence-corrected chi connectivity index (χ3v) is 1.36. The van der Waals surface area contributed by atoms with Gasteiger partial charge in [0.25, 0.3) is 0 Å². The fourth-order valence-electron chi connectivity index (χ4n) is 0.325. The molecule has 0 radical (unpaired) electrons. The van der Waals surface area contributed by atoms with Crippen LogP contribution >= 0.6 is 12.2 Å². The van der Waals surface area contributed by atoms with Gasteiger partial charge in [-0.3, -0.25) is 15.6 Å². The van der Waals surface area contributed by atoms with Crippen LogP contribution in [0.5, 0.6) is 0 Å². The number of nitrogens with one attached hydrogen (secondary N) is 3. The van der Waals surface area contributed by atoms with Crippen molar-refractivity contribution in [2.24, 2.45) is 5.92 Å². The van der Waals surface area contributed by atoms with Crippen molar-refractivity contribution >= 4 is 23.2 Å². The van der Waals surface area contributed by atoms with Crippen molar-refractivity contribution in [1.82, 2.24) is 16.2 Å². The predicted octanol–water partition coefficient (Wildman–Crippen LogP) is -0.233. The van der Waals surface area contributed by atoms with E-state index in [2.05, 4.69) is 16.2 Å². The molecular weight excluding hydrogens is 162 g/mol. The van der Waals surface area contributed by atoms with Gasteiger partial charge in [-0.2, -0.15) is 0 Å². The Morgan fingerprint density at radius 3 is 2.27 bits per heavy atom. The fraction of sp³-hybridized carbons (Fsp3) is 0.667. The molecule has 0 spiro atoms. The first-order valence-electron chi connectivity index (χ1n) is 3.35. The smallest absolute Gasteiger partial charge is 0.240 e. The maximum atomic E-state index is 10.9. The van der Waals surface area contributed by atoms with Crippen LogP contribution in [0.2, 0.25) is 0 Å². The Balaban J connectivity index is 3.54. The van der Waals surface area contributed by atoms with Crippen LogP contribution in [0.3, 0.4) is 0 Å². The van der Waals surface area contributed by atoms with Crippen molar-refractivity contribution in [3.8, 4) is 0 Å². The lowest BCUT2D eigenvalue weighted by Crippen LogP contribution is -2.47. The summed E-state index contributed by atoms with van der Waals surface area (Å²) in [5.74, 6) is -0.121. The lowest BCUT2D eigenvalue weighted by Gasteiger charge is -2.09. The summed E-state index contributed by atoms with van der Waals surface area (Å²) < 4.78 is 0. The second-order valence-electron chi connectivity index (χ2n) is 2.35. The monoisotopic (exact) mass is 175 g/mol. The lowest BCUT2D eigenvalue weighted by atomic mass is 10.2. The summed E-state index contributed by atoms with van der Waals surface area (Å²) in [5, 5.41) is 3.07. The van der Waals surface area contributed by atoms with E-state index in [0.29, 0.717) is 5.11 Å². The molecule has 3 N–H and O–H groups in total. The second kappa shape index (κ2) is 4.90. The van der Waals surface area contributed by atoms with Gasteiger partial charge in [-0.25, -0.2) is 0 Å². The van der Waals surface area contributed by atoms with E-state index in [-0.39, 0.29) is 11.8 Å². The highest BCUT2D eigenvalue weighted by Gasteiger charge is 2.04. The minimum absolute atomic E-state index is 0.0397. The standard InChI is InChI=1S/C6H13N3OS/c1-4(2)5(10)8-9-6(11)7-3/h4H,1-3H3,(H,8,10)(H2,7,9,11). The first kappa shape index (κ1) is 10.2. The molecule has 1 amide bonds. The van der Waals surface area contributed by atoms with Crippen LogP contribution < -0.4 is 16.2 Å². The Labute approximate surface area is 71.7 Å². The predicted molar refractivity (Wildman–Crippen MR) is 47.8 cm³/mol. The molecule has 11 heavy (non-hydrogen) atoms. The molecule has 0 bridgehead atoms. The summed E-state index contributed by atoms with van der Waals surface area (Å²) >= 11 is 4.72. The largest absolute Gasteiger partial charge is 0.364 e. The average Bonchev–Trinajstić information content (AvgIpc) is 1.99. The number of hydrogen-bond donors (Lipinski definition) is 3. The first-order valence-corrected chi connectivity index (χ1v) is 3.76. The van der Waals surface area contributed by atoms with Gasteiger partial charge >= 0.3 is 0 Å². The zero-order chi connectivity index (χ0) is 8.85. The molecule has 5 heteroatoms. The van der Waals surface area contributed by atoms with Crippen LogP contribution in [0.25, 0.3) is 0 Å². The van der Waals surface area contributed by atoms with E-state index in [1.807, 2.05) is 0 Å². The highest BCUT2D eigenvalue weighted by molar-refractivity contribution is 7.80. The zero-order valence-electron chi connectivity index (χ0n) is 6.89. The highest BCUT2D eigenvalue weighted by Crippen LogP contribution is 1.87. The minimum Gasteiger partial charge on any atom is -0.364 e. The van der Waals surface area contributed by atoms with Crippen LogP contribution in [-0.4, -0.2) is 18.1 Å². The summed E-state index contributed by atoms with van der Waals surface area (Å²) in [6.07, 6.45) is 0. The Morgan fingerprint density at radius 2 is 1.91 bits per heavy atom. The molecular formula is C6H13N3OS. The summed E-state index contributed by atoms with van der Waals surface area (Å²) in [6.45, 7) is 3.61. The van der Waals surface area contributed by atoms with Crippen molar-refractivity contribution < 1.29 is 4.79 Å². The van der Waals surface area contributed by atoms with Crippen molar-refractivity contribution in [1.29, 1.82) is 0 Å². The highest BCUT2D eigenvalue weighted by atomic mass is 32.1. The molecule has 0 saturated heterocycles. The normalized spacial score (nSPS) is 9.09. The lowest BCUT2D eigenvalue weighted by molar-refractivity contribution is -0.124. The van der Waals surface area contributed by atoms with E-state index >= 15 is 0 Å². The summed E-state index contributed by atoms with van der Waals surface area (Å²) in [4.78, 5) is 10.9. The molecule has 0 fully saturated rings. The van der Waals surface area contributed by atoms with Crippen molar-refractivity contribution in [3.63, 3.8) is 0 Å². The van der Waals surface area contributed by atoms with Crippen LogP contribution in [0.4, 0.5) is 0 Å². The maximum Gasteiger partial charge on any atom is 0.240 e. The molecule has 0 unspecified atom stereocenters. The van der Waals surface area contributed by atoms with Crippen LogP contribution in [0, 0.1) is 5.92 Å². The van der Waals surface area contributed by atoms with Gasteiger partial charge in [0.05, 0.1) is 0 Å². The maximum absolute atomic E-state index is 10.9. The summed E-state index contributed by atoms with van der Waals surface area (Å²) in [7, 11) is 1.68. The second-order valence-corrected chi connectivity index (χ2v) is 2.76. The van der Waals surface area contributed by atoms with E-state index in [0.717, 1.165) is 0 Å². The topological polar surface area (TPSA) is 53.2 Å². The Bertz CT molecular complexity index is 158. The van der Waals surface area contributed by atoms with Crippen molar-refractivity contribution in [2.45, 2.75) is 13.8 Å². The number of amides is 1. The number of hydrazine groups is 1. The van der Waals surface area contributed by atoms with Gasteiger partial charge in [0.15, 0.2) is 5.11 Å².